The van der Waals surface area contributed by atoms with Crippen LogP contribution in [0.1, 0.15) is 40.6 Å². The van der Waals surface area contributed by atoms with Gasteiger partial charge in [0.05, 0.1) is 12.2 Å². The molecule has 0 unspecified atom stereocenters. The van der Waals surface area contributed by atoms with Crippen LogP contribution in [0.5, 0.6) is 5.75 Å². The SMILES string of the molecule is CCCCOc1ccccc1C(=O)Nc1ncc(Cc2ccccc2F)s1. The van der Waals surface area contributed by atoms with Gasteiger partial charge in [0.2, 0.25) is 0 Å². The average molecular weight is 384 g/mol. The van der Waals surface area contributed by atoms with Crippen LogP contribution >= 0.6 is 11.3 Å². The molecule has 140 valence electrons. The van der Waals surface area contributed by atoms with E-state index >= 15 is 0 Å². The number of rotatable bonds is 8. The van der Waals surface area contributed by atoms with E-state index < -0.39 is 0 Å². The molecule has 27 heavy (non-hydrogen) atoms. The number of benzene rings is 2. The lowest BCUT2D eigenvalue weighted by Crippen LogP contribution is -2.13. The number of carbonyl (C=O) groups is 1. The van der Waals surface area contributed by atoms with Crippen molar-refractivity contribution in [2.75, 3.05) is 11.9 Å². The first-order valence-corrected chi connectivity index (χ1v) is 9.70. The molecule has 0 fully saturated rings. The van der Waals surface area contributed by atoms with Crippen LogP contribution in [0, 0.1) is 5.82 Å². The van der Waals surface area contributed by atoms with Crippen LogP contribution < -0.4 is 10.1 Å². The van der Waals surface area contributed by atoms with Gasteiger partial charge in [-0.2, -0.15) is 0 Å². The minimum Gasteiger partial charge on any atom is -0.493 e. The lowest BCUT2D eigenvalue weighted by molar-refractivity contribution is 0.102. The largest absolute Gasteiger partial charge is 0.493 e. The third kappa shape index (κ3) is 5.14. The second-order valence-corrected chi connectivity index (χ2v) is 7.17. The zero-order valence-electron chi connectivity index (χ0n) is 15.1. The minimum atomic E-state index is -0.270. The van der Waals surface area contributed by atoms with Crippen molar-refractivity contribution in [3.8, 4) is 5.75 Å². The maximum absolute atomic E-state index is 13.8. The summed E-state index contributed by atoms with van der Waals surface area (Å²) >= 11 is 1.34. The molecule has 0 saturated heterocycles. The number of aromatic nitrogens is 1. The molecule has 1 aromatic heterocycles. The van der Waals surface area contributed by atoms with Gasteiger partial charge in [0.15, 0.2) is 5.13 Å². The Balaban J connectivity index is 1.67. The van der Waals surface area contributed by atoms with E-state index in [0.717, 1.165) is 17.7 Å². The second kappa shape index (κ2) is 9.28. The van der Waals surface area contributed by atoms with E-state index in [4.69, 9.17) is 4.74 Å². The molecule has 0 aliphatic rings. The van der Waals surface area contributed by atoms with E-state index in [1.807, 2.05) is 6.07 Å². The highest BCUT2D eigenvalue weighted by Gasteiger charge is 2.14. The number of para-hydroxylation sites is 1. The Morgan fingerprint density at radius 1 is 1.19 bits per heavy atom. The van der Waals surface area contributed by atoms with Crippen LogP contribution in [0.15, 0.2) is 54.7 Å². The minimum absolute atomic E-state index is 0.241. The fraction of sp³-hybridized carbons (Fsp3) is 0.238. The van der Waals surface area contributed by atoms with Crippen LogP contribution in [-0.2, 0) is 6.42 Å². The molecule has 6 heteroatoms. The first kappa shape index (κ1) is 19.0. The average Bonchev–Trinajstić information content (AvgIpc) is 3.11. The van der Waals surface area contributed by atoms with E-state index in [1.54, 1.807) is 42.6 Å². The first-order valence-electron chi connectivity index (χ1n) is 8.88. The highest BCUT2D eigenvalue weighted by molar-refractivity contribution is 7.15. The number of thiazole rings is 1. The number of amides is 1. The molecule has 0 bridgehead atoms. The number of anilines is 1. The summed E-state index contributed by atoms with van der Waals surface area (Å²) in [5, 5.41) is 3.29. The van der Waals surface area contributed by atoms with Gasteiger partial charge in [0.25, 0.3) is 5.91 Å². The van der Waals surface area contributed by atoms with E-state index in [9.17, 15) is 9.18 Å². The summed E-state index contributed by atoms with van der Waals surface area (Å²) in [5.41, 5.74) is 1.08. The summed E-state index contributed by atoms with van der Waals surface area (Å²) in [7, 11) is 0. The molecule has 1 amide bonds. The summed E-state index contributed by atoms with van der Waals surface area (Å²) < 4.78 is 19.5. The number of unbranched alkanes of at least 4 members (excludes halogenated alkanes) is 1. The Labute approximate surface area is 162 Å². The summed E-state index contributed by atoms with van der Waals surface area (Å²) in [6, 6.07) is 13.8. The number of hydrogen-bond donors (Lipinski definition) is 1. The molecule has 0 radical (unpaired) electrons. The van der Waals surface area contributed by atoms with Crippen LogP contribution in [0.2, 0.25) is 0 Å². The van der Waals surface area contributed by atoms with Crippen LogP contribution in [0.4, 0.5) is 9.52 Å². The van der Waals surface area contributed by atoms with E-state index in [1.165, 1.54) is 17.4 Å². The molecule has 3 rings (SSSR count). The lowest BCUT2D eigenvalue weighted by Gasteiger charge is -2.10. The topological polar surface area (TPSA) is 51.2 Å². The zero-order chi connectivity index (χ0) is 19.1. The van der Waals surface area contributed by atoms with E-state index in [0.29, 0.717) is 35.0 Å². The predicted octanol–water partition coefficient (Wildman–Crippen LogP) is 5.30. The molecule has 0 atom stereocenters. The lowest BCUT2D eigenvalue weighted by atomic mass is 10.1. The van der Waals surface area contributed by atoms with Crippen molar-refractivity contribution in [2.24, 2.45) is 0 Å². The molecule has 1 N–H and O–H groups in total. The standard InChI is InChI=1S/C21H21FN2O2S/c1-2-3-12-26-19-11-7-5-9-17(19)20(25)24-21-23-14-16(27-21)13-15-8-4-6-10-18(15)22/h4-11,14H,2-3,12-13H2,1H3,(H,23,24,25). The Morgan fingerprint density at radius 3 is 2.78 bits per heavy atom. The molecule has 1 heterocycles. The number of halogens is 1. The van der Waals surface area contributed by atoms with Crippen molar-refractivity contribution in [3.05, 3.63) is 76.5 Å². The van der Waals surface area contributed by atoms with Gasteiger partial charge in [-0.15, -0.1) is 11.3 Å². The van der Waals surface area contributed by atoms with Gasteiger partial charge in [0, 0.05) is 17.5 Å². The molecule has 2 aromatic carbocycles. The summed E-state index contributed by atoms with van der Waals surface area (Å²) in [5.74, 6) is 0.0510. The molecule has 3 aromatic rings. The molecule has 4 nitrogen and oxygen atoms in total. The highest BCUT2D eigenvalue weighted by Crippen LogP contribution is 2.24. The zero-order valence-corrected chi connectivity index (χ0v) is 15.9. The van der Waals surface area contributed by atoms with Crippen molar-refractivity contribution in [1.29, 1.82) is 0 Å². The summed E-state index contributed by atoms with van der Waals surface area (Å²) in [6.45, 7) is 2.66. The summed E-state index contributed by atoms with van der Waals surface area (Å²) in [6.07, 6.45) is 4.06. The summed E-state index contributed by atoms with van der Waals surface area (Å²) in [4.78, 5) is 17.7. The second-order valence-electron chi connectivity index (χ2n) is 6.05. The van der Waals surface area contributed by atoms with E-state index in [2.05, 4.69) is 17.2 Å². The van der Waals surface area contributed by atoms with Crippen LogP contribution in [-0.4, -0.2) is 17.5 Å². The Hall–Kier alpha value is -2.73. The van der Waals surface area contributed by atoms with Gasteiger partial charge in [0.1, 0.15) is 11.6 Å². The molecule has 0 spiro atoms. The Morgan fingerprint density at radius 2 is 1.96 bits per heavy atom. The van der Waals surface area contributed by atoms with Crippen LogP contribution in [0.3, 0.4) is 0 Å². The smallest absolute Gasteiger partial charge is 0.261 e. The van der Waals surface area contributed by atoms with E-state index in [-0.39, 0.29) is 11.7 Å². The Bertz CT molecular complexity index is 910. The predicted molar refractivity (Wildman–Crippen MR) is 106 cm³/mol. The molecule has 0 saturated carbocycles. The molecule has 0 aliphatic carbocycles. The fourth-order valence-electron chi connectivity index (χ4n) is 2.55. The van der Waals surface area contributed by atoms with Crippen LogP contribution in [0.25, 0.3) is 0 Å². The molecular formula is C21H21FN2O2S. The number of nitrogens with zero attached hydrogens (tertiary/aromatic N) is 1. The molecule has 0 aliphatic heterocycles. The monoisotopic (exact) mass is 384 g/mol. The first-order chi connectivity index (χ1) is 13.2. The fourth-order valence-corrected chi connectivity index (χ4v) is 3.38. The number of ether oxygens (including phenoxy) is 1. The Kier molecular flexibility index (Phi) is 6.54. The van der Waals surface area contributed by atoms with Gasteiger partial charge in [-0.1, -0.05) is 43.7 Å². The molecular weight excluding hydrogens is 363 g/mol. The maximum atomic E-state index is 13.8. The van der Waals surface area contributed by atoms with Crippen molar-refractivity contribution >= 4 is 22.4 Å². The highest BCUT2D eigenvalue weighted by atomic mass is 32.1. The third-order valence-electron chi connectivity index (χ3n) is 3.98. The number of nitrogens with one attached hydrogen (secondary N) is 1. The van der Waals surface area contributed by atoms with Gasteiger partial charge in [-0.05, 0) is 30.2 Å². The number of carbonyl (C=O) groups excluding carboxylic acids is 1. The maximum Gasteiger partial charge on any atom is 0.261 e. The quantitative estimate of drug-likeness (QED) is 0.536. The van der Waals surface area contributed by atoms with Crippen molar-refractivity contribution in [3.63, 3.8) is 0 Å². The van der Waals surface area contributed by atoms with Gasteiger partial charge >= 0.3 is 0 Å². The van der Waals surface area contributed by atoms with Gasteiger partial charge in [-0.3, -0.25) is 10.1 Å². The van der Waals surface area contributed by atoms with Crippen molar-refractivity contribution in [1.82, 2.24) is 4.98 Å². The third-order valence-corrected chi connectivity index (χ3v) is 4.90. The van der Waals surface area contributed by atoms with Crippen molar-refractivity contribution < 1.29 is 13.9 Å². The van der Waals surface area contributed by atoms with Gasteiger partial charge in [-0.25, -0.2) is 9.37 Å². The van der Waals surface area contributed by atoms with Crippen molar-refractivity contribution in [2.45, 2.75) is 26.2 Å². The van der Waals surface area contributed by atoms with Gasteiger partial charge < -0.3 is 4.74 Å². The number of hydrogen-bond acceptors (Lipinski definition) is 4. The normalized spacial score (nSPS) is 10.6.